The molecule has 2 atom stereocenters. The molecule has 0 unspecified atom stereocenters. The lowest BCUT2D eigenvalue weighted by atomic mass is 9.99. The molecule has 0 amide bonds. The Balaban J connectivity index is 1.39. The van der Waals surface area contributed by atoms with Crippen LogP contribution >= 0.6 is 0 Å². The predicted octanol–water partition coefficient (Wildman–Crippen LogP) is 3.84. The topological polar surface area (TPSA) is 118 Å². The molecule has 11 heteroatoms. The van der Waals surface area contributed by atoms with Crippen LogP contribution in [-0.2, 0) is 10.9 Å². The third kappa shape index (κ3) is 6.31. The van der Waals surface area contributed by atoms with Gasteiger partial charge in [-0.2, -0.15) is 0 Å². The number of benzene rings is 2. The van der Waals surface area contributed by atoms with Gasteiger partial charge in [-0.15, -0.1) is 0 Å². The maximum Gasteiger partial charge on any atom is 0.228 e. The largest absolute Gasteiger partial charge is 0.438 e. The summed E-state index contributed by atoms with van der Waals surface area (Å²) in [4.78, 5) is 13.3. The van der Waals surface area contributed by atoms with Crippen molar-refractivity contribution in [1.82, 2.24) is 25.0 Å². The lowest BCUT2D eigenvalue weighted by Gasteiger charge is -2.23. The predicted molar refractivity (Wildman–Crippen MR) is 143 cm³/mol. The summed E-state index contributed by atoms with van der Waals surface area (Å²) >= 11 is 0. The Kier molecular flexibility index (Phi) is 8.17. The molecule has 2 aromatic carbocycles. The molecule has 0 saturated carbocycles. The monoisotopic (exact) mass is 534 g/mol. The van der Waals surface area contributed by atoms with E-state index in [9.17, 15) is 8.42 Å². The molecule has 0 aliphatic carbocycles. The molecule has 0 spiro atoms. The van der Waals surface area contributed by atoms with Crippen LogP contribution in [0.5, 0.6) is 11.6 Å². The van der Waals surface area contributed by atoms with Gasteiger partial charge in [0.2, 0.25) is 22.7 Å². The number of nitrogens with zero attached hydrogens (tertiary/aromatic N) is 3. The molecule has 0 radical (unpaired) electrons. The second-order valence-corrected chi connectivity index (χ2v) is 9.60. The van der Waals surface area contributed by atoms with Crippen molar-refractivity contribution in [2.75, 3.05) is 18.4 Å². The lowest BCUT2D eigenvalue weighted by molar-refractivity contribution is 0.458. The van der Waals surface area contributed by atoms with E-state index in [0.29, 0.717) is 22.8 Å². The number of hydrogen-bond donors (Lipinski definition) is 4. The normalized spacial score (nSPS) is 16.2. The van der Waals surface area contributed by atoms with Crippen LogP contribution in [0.3, 0.4) is 0 Å². The minimum absolute atomic E-state index is 0.174. The van der Waals surface area contributed by atoms with E-state index in [4.69, 9.17) is 4.74 Å². The number of aromatic nitrogens is 3. The zero-order valence-electron chi connectivity index (χ0n) is 20.4. The average Bonchev–Trinajstić information content (AvgIpc) is 2.93. The molecular formula is C27H27FN6O3S. The van der Waals surface area contributed by atoms with Gasteiger partial charge in [0, 0.05) is 36.6 Å². The van der Waals surface area contributed by atoms with Crippen LogP contribution in [0, 0.1) is 5.82 Å². The molecule has 9 nitrogen and oxygen atoms in total. The zero-order valence-corrected chi connectivity index (χ0v) is 21.3. The van der Waals surface area contributed by atoms with E-state index in [0.717, 1.165) is 25.9 Å². The molecule has 1 aliphatic heterocycles. The minimum atomic E-state index is -2.96. The van der Waals surface area contributed by atoms with Crippen molar-refractivity contribution in [3.8, 4) is 22.9 Å². The fourth-order valence-corrected chi connectivity index (χ4v) is 4.89. The lowest BCUT2D eigenvalue weighted by Crippen LogP contribution is -2.38. The van der Waals surface area contributed by atoms with Crippen LogP contribution in [0.4, 0.5) is 10.3 Å². The summed E-state index contributed by atoms with van der Waals surface area (Å²) in [6, 6.07) is 17.8. The Labute approximate surface area is 221 Å². The number of rotatable bonds is 9. The molecule has 38 heavy (non-hydrogen) atoms. The van der Waals surface area contributed by atoms with Gasteiger partial charge in [-0.05, 0) is 49.2 Å². The molecule has 4 aromatic rings. The van der Waals surface area contributed by atoms with Crippen LogP contribution < -0.4 is 20.1 Å². The number of thiol groups is 1. The zero-order chi connectivity index (χ0) is 26.3. The van der Waals surface area contributed by atoms with Crippen LogP contribution in [0.2, 0.25) is 0 Å². The Morgan fingerprint density at radius 1 is 1.03 bits per heavy atom. The number of hydrogen-bond acceptors (Lipinski definition) is 8. The highest BCUT2D eigenvalue weighted by Gasteiger charge is 2.20. The average molecular weight is 535 g/mol. The van der Waals surface area contributed by atoms with E-state index in [1.165, 1.54) is 12.1 Å². The Bertz CT molecular complexity index is 1460. The first-order chi connectivity index (χ1) is 18.6. The molecule has 5 rings (SSSR count). The van der Waals surface area contributed by atoms with Crippen molar-refractivity contribution in [2.24, 2.45) is 0 Å². The first-order valence-electron chi connectivity index (χ1n) is 12.3. The summed E-state index contributed by atoms with van der Waals surface area (Å²) < 4.78 is 46.5. The van der Waals surface area contributed by atoms with E-state index >= 15 is 4.39 Å². The van der Waals surface area contributed by atoms with Gasteiger partial charge in [-0.3, -0.25) is 0 Å². The van der Waals surface area contributed by atoms with Gasteiger partial charge in [-0.25, -0.2) is 32.5 Å². The van der Waals surface area contributed by atoms with E-state index < -0.39 is 22.7 Å². The standard InChI is InChI=1S/C27H27FN6O3S/c28-23-16-20(10-11-21(23)25(34-38(35)36)18-6-2-1-3-7-18)37-26-22(9-5-14-30-26)24-12-15-31-27(33-24)32-19-8-4-13-29-17-19/h1-3,5-7,9-12,14-16,19,25,29,38H,4,8,13,17H2,(H,31,32,33)(H,34,35,36)/t19-,25-/m0/s1. The number of halogens is 1. The molecule has 0 bridgehead atoms. The van der Waals surface area contributed by atoms with E-state index in [1.54, 1.807) is 60.9 Å². The smallest absolute Gasteiger partial charge is 0.228 e. The number of pyridine rings is 1. The van der Waals surface area contributed by atoms with Gasteiger partial charge >= 0.3 is 0 Å². The van der Waals surface area contributed by atoms with Crippen molar-refractivity contribution < 1.29 is 17.5 Å². The molecule has 1 fully saturated rings. The fraction of sp³-hybridized carbons (Fsp3) is 0.222. The highest BCUT2D eigenvalue weighted by atomic mass is 32.2. The first-order valence-corrected chi connectivity index (χ1v) is 13.4. The molecular weight excluding hydrogens is 507 g/mol. The molecule has 3 heterocycles. The first kappa shape index (κ1) is 25.7. The third-order valence-electron chi connectivity index (χ3n) is 6.20. The van der Waals surface area contributed by atoms with Crippen molar-refractivity contribution in [3.63, 3.8) is 0 Å². The maximum atomic E-state index is 15.3. The van der Waals surface area contributed by atoms with Crippen molar-refractivity contribution in [3.05, 3.63) is 96.1 Å². The van der Waals surface area contributed by atoms with Gasteiger partial charge in [0.1, 0.15) is 11.6 Å². The molecule has 196 valence electrons. The van der Waals surface area contributed by atoms with Gasteiger partial charge < -0.3 is 15.4 Å². The summed E-state index contributed by atoms with van der Waals surface area (Å²) in [7, 11) is -2.96. The second kappa shape index (κ2) is 12.1. The number of piperidine rings is 1. The maximum absolute atomic E-state index is 15.3. The highest BCUT2D eigenvalue weighted by molar-refractivity contribution is 7.70. The van der Waals surface area contributed by atoms with Crippen LogP contribution in [0.15, 0.2) is 79.1 Å². The van der Waals surface area contributed by atoms with Crippen molar-refractivity contribution in [2.45, 2.75) is 24.9 Å². The summed E-state index contributed by atoms with van der Waals surface area (Å²) in [6.45, 7) is 1.86. The minimum Gasteiger partial charge on any atom is -0.438 e. The van der Waals surface area contributed by atoms with Gasteiger partial charge in [0.25, 0.3) is 0 Å². The van der Waals surface area contributed by atoms with E-state index in [2.05, 4.69) is 30.3 Å². The number of ether oxygens (including phenoxy) is 1. The Hall–Kier alpha value is -3.93. The molecule has 1 aliphatic rings. The number of nitrogens with one attached hydrogen (secondary N) is 3. The summed E-state index contributed by atoms with van der Waals surface area (Å²) in [5.74, 6) is 0.361. The summed E-state index contributed by atoms with van der Waals surface area (Å²) in [5.41, 5.74) is 2.02. The van der Waals surface area contributed by atoms with Crippen LogP contribution in [-0.4, -0.2) is 42.5 Å². The van der Waals surface area contributed by atoms with Gasteiger partial charge in [-0.1, -0.05) is 36.4 Å². The van der Waals surface area contributed by atoms with Crippen molar-refractivity contribution in [1.29, 1.82) is 0 Å². The van der Waals surface area contributed by atoms with Crippen molar-refractivity contribution >= 4 is 16.8 Å². The molecule has 1 saturated heterocycles. The van der Waals surface area contributed by atoms with Crippen LogP contribution in [0.1, 0.15) is 30.0 Å². The summed E-state index contributed by atoms with van der Waals surface area (Å²) in [5, 5.41) is 6.73. The van der Waals surface area contributed by atoms with E-state index in [-0.39, 0.29) is 23.2 Å². The molecule has 2 aromatic heterocycles. The Morgan fingerprint density at radius 2 is 1.89 bits per heavy atom. The number of anilines is 1. The summed E-state index contributed by atoms with van der Waals surface area (Å²) in [6.07, 6.45) is 5.38. The van der Waals surface area contributed by atoms with Gasteiger partial charge in [0.15, 0.2) is 0 Å². The third-order valence-corrected chi connectivity index (χ3v) is 6.67. The fourth-order valence-electron chi connectivity index (χ4n) is 4.39. The van der Waals surface area contributed by atoms with E-state index in [1.807, 2.05) is 6.07 Å². The SMILES string of the molecule is O=[SH](=O)N[C@@H](c1ccccc1)c1ccc(Oc2ncccc2-c2ccnc(N[C@H]3CCCNC3)n2)cc1F. The quantitative estimate of drug-likeness (QED) is 0.239. The molecule has 3 N–H and O–H groups in total. The second-order valence-electron chi connectivity index (χ2n) is 8.82. The highest BCUT2D eigenvalue weighted by Crippen LogP contribution is 2.33. The van der Waals surface area contributed by atoms with Crippen LogP contribution in [0.25, 0.3) is 11.3 Å². The van der Waals surface area contributed by atoms with Gasteiger partial charge in [0.05, 0.1) is 17.3 Å². The Morgan fingerprint density at radius 3 is 2.66 bits per heavy atom.